The molecule has 0 unspecified atom stereocenters. The molecule has 140 valence electrons. The number of hydrogen-bond donors (Lipinski definition) is 1. The third-order valence-corrected chi connectivity index (χ3v) is 4.59. The molecule has 0 saturated heterocycles. The average molecular weight is 358 g/mol. The molecular weight excluding hydrogens is 331 g/mol. The van der Waals surface area contributed by atoms with Crippen molar-refractivity contribution in [1.29, 1.82) is 0 Å². The summed E-state index contributed by atoms with van der Waals surface area (Å²) in [5, 5.41) is 12.0. The molecule has 0 radical (unpaired) electrons. The molecule has 26 heavy (non-hydrogen) atoms. The second kappa shape index (κ2) is 8.78. The Morgan fingerprint density at radius 1 is 1.23 bits per heavy atom. The molecule has 0 atom stereocenters. The molecule has 0 saturated carbocycles. The summed E-state index contributed by atoms with van der Waals surface area (Å²) in [5.74, 6) is 2.59. The molecule has 2 heterocycles. The lowest BCUT2D eigenvalue weighted by atomic mass is 10.2. The van der Waals surface area contributed by atoms with Crippen molar-refractivity contribution in [2.45, 2.75) is 52.2 Å². The van der Waals surface area contributed by atoms with Crippen molar-refractivity contribution in [2.24, 2.45) is 4.99 Å². The molecule has 0 bridgehead atoms. The first-order valence-corrected chi connectivity index (χ1v) is 9.32. The highest BCUT2D eigenvalue weighted by Crippen LogP contribution is 2.15. The van der Waals surface area contributed by atoms with E-state index in [0.717, 1.165) is 42.7 Å². The van der Waals surface area contributed by atoms with Crippen molar-refractivity contribution in [3.63, 3.8) is 0 Å². The molecule has 0 spiro atoms. The van der Waals surface area contributed by atoms with Gasteiger partial charge in [-0.3, -0.25) is 0 Å². The van der Waals surface area contributed by atoms with Crippen molar-refractivity contribution in [3.8, 4) is 0 Å². The van der Waals surface area contributed by atoms with Crippen LogP contribution in [0.3, 0.4) is 0 Å². The summed E-state index contributed by atoms with van der Waals surface area (Å²) in [6.45, 7) is 4.97. The largest absolute Gasteiger partial charge is 0.357 e. The van der Waals surface area contributed by atoms with Gasteiger partial charge in [-0.1, -0.05) is 18.6 Å². The molecule has 3 rings (SSSR count). The monoisotopic (exact) mass is 358 g/mol. The molecular formula is C19H27FN6. The van der Waals surface area contributed by atoms with Gasteiger partial charge in [0.25, 0.3) is 0 Å². The van der Waals surface area contributed by atoms with Gasteiger partial charge in [0.15, 0.2) is 11.8 Å². The molecule has 1 aromatic carbocycles. The van der Waals surface area contributed by atoms with Crippen LogP contribution in [0, 0.1) is 5.82 Å². The topological polar surface area (TPSA) is 58.3 Å². The third kappa shape index (κ3) is 4.59. The smallest absolute Gasteiger partial charge is 0.194 e. The first-order chi connectivity index (χ1) is 12.7. The van der Waals surface area contributed by atoms with E-state index >= 15 is 0 Å². The molecule has 0 aliphatic carbocycles. The predicted molar refractivity (Wildman–Crippen MR) is 100 cm³/mol. The molecule has 0 amide bonds. The van der Waals surface area contributed by atoms with Crippen molar-refractivity contribution in [3.05, 3.63) is 47.3 Å². The lowest BCUT2D eigenvalue weighted by molar-refractivity contribution is 0.475. The molecule has 1 aromatic heterocycles. The standard InChI is InChI=1S/C19H27FN6/c1-3-21-19(25(2)14-15-8-10-16(20)11-9-15)22-13-18-24-23-17-7-5-4-6-12-26(17)18/h8-11H,3-7,12-14H2,1-2H3,(H,21,22). The highest BCUT2D eigenvalue weighted by atomic mass is 19.1. The molecule has 2 aromatic rings. The Morgan fingerprint density at radius 3 is 2.81 bits per heavy atom. The van der Waals surface area contributed by atoms with Crippen LogP contribution in [0.2, 0.25) is 0 Å². The van der Waals surface area contributed by atoms with Crippen LogP contribution < -0.4 is 5.32 Å². The number of fused-ring (bicyclic) bond motifs is 1. The van der Waals surface area contributed by atoms with Gasteiger partial charge in [-0.25, -0.2) is 9.38 Å². The molecule has 1 N–H and O–H groups in total. The number of benzene rings is 1. The maximum atomic E-state index is 13.1. The van der Waals surface area contributed by atoms with Gasteiger partial charge in [-0.15, -0.1) is 10.2 Å². The maximum Gasteiger partial charge on any atom is 0.194 e. The van der Waals surface area contributed by atoms with Crippen molar-refractivity contribution in [2.75, 3.05) is 13.6 Å². The normalized spacial score (nSPS) is 14.7. The first-order valence-electron chi connectivity index (χ1n) is 9.32. The minimum atomic E-state index is -0.218. The quantitative estimate of drug-likeness (QED) is 0.660. The van der Waals surface area contributed by atoms with Crippen LogP contribution in [0.1, 0.15) is 43.4 Å². The number of rotatable bonds is 5. The number of hydrogen-bond acceptors (Lipinski definition) is 3. The lowest BCUT2D eigenvalue weighted by Gasteiger charge is -2.22. The minimum absolute atomic E-state index is 0.218. The Bertz CT molecular complexity index is 737. The van der Waals surface area contributed by atoms with Crippen molar-refractivity contribution < 1.29 is 4.39 Å². The van der Waals surface area contributed by atoms with E-state index in [1.807, 2.05) is 18.9 Å². The Labute approximate surface area is 154 Å². The number of halogens is 1. The van der Waals surface area contributed by atoms with Crippen LogP contribution in [-0.2, 0) is 26.1 Å². The van der Waals surface area contributed by atoms with E-state index < -0.39 is 0 Å². The van der Waals surface area contributed by atoms with Crippen LogP contribution in [0.15, 0.2) is 29.3 Å². The van der Waals surface area contributed by atoms with Gasteiger partial charge in [-0.05, 0) is 37.5 Å². The fraction of sp³-hybridized carbons (Fsp3) is 0.526. The summed E-state index contributed by atoms with van der Waals surface area (Å²) in [4.78, 5) is 6.78. The van der Waals surface area contributed by atoms with Gasteiger partial charge in [0.1, 0.15) is 18.2 Å². The van der Waals surface area contributed by atoms with Gasteiger partial charge in [0.05, 0.1) is 0 Å². The van der Waals surface area contributed by atoms with Crippen molar-refractivity contribution >= 4 is 5.96 Å². The van der Waals surface area contributed by atoms with Crippen LogP contribution in [0.5, 0.6) is 0 Å². The highest BCUT2D eigenvalue weighted by molar-refractivity contribution is 5.79. The highest BCUT2D eigenvalue weighted by Gasteiger charge is 2.15. The zero-order valence-electron chi connectivity index (χ0n) is 15.6. The zero-order chi connectivity index (χ0) is 18.4. The van der Waals surface area contributed by atoms with Crippen LogP contribution in [-0.4, -0.2) is 39.2 Å². The van der Waals surface area contributed by atoms with E-state index in [2.05, 4.69) is 20.1 Å². The summed E-state index contributed by atoms with van der Waals surface area (Å²) in [6, 6.07) is 6.57. The SMILES string of the molecule is CCNC(=NCc1nnc2n1CCCCC2)N(C)Cc1ccc(F)cc1. The average Bonchev–Trinajstić information content (AvgIpc) is 2.87. The van der Waals surface area contributed by atoms with Gasteiger partial charge >= 0.3 is 0 Å². The van der Waals surface area contributed by atoms with E-state index in [1.54, 1.807) is 12.1 Å². The van der Waals surface area contributed by atoms with Gasteiger partial charge in [-0.2, -0.15) is 0 Å². The predicted octanol–water partition coefficient (Wildman–Crippen LogP) is 2.74. The van der Waals surface area contributed by atoms with E-state index in [0.29, 0.717) is 13.1 Å². The second-order valence-corrected chi connectivity index (χ2v) is 6.65. The summed E-state index contributed by atoms with van der Waals surface area (Å²) < 4.78 is 15.3. The number of guanidine groups is 1. The van der Waals surface area contributed by atoms with Crippen LogP contribution >= 0.6 is 0 Å². The van der Waals surface area contributed by atoms with Crippen molar-refractivity contribution in [1.82, 2.24) is 25.0 Å². The Hall–Kier alpha value is -2.44. The van der Waals surface area contributed by atoms with E-state index in [-0.39, 0.29) is 5.82 Å². The maximum absolute atomic E-state index is 13.1. The number of nitrogens with zero attached hydrogens (tertiary/aromatic N) is 5. The summed E-state index contributed by atoms with van der Waals surface area (Å²) in [5.41, 5.74) is 1.04. The first kappa shape index (κ1) is 18.4. The number of aliphatic imine (C=N–C) groups is 1. The molecule has 6 nitrogen and oxygen atoms in total. The molecule has 7 heteroatoms. The fourth-order valence-corrected chi connectivity index (χ4v) is 3.22. The molecule has 1 aliphatic heterocycles. The summed E-state index contributed by atoms with van der Waals surface area (Å²) in [7, 11) is 1.98. The lowest BCUT2D eigenvalue weighted by Crippen LogP contribution is -2.38. The van der Waals surface area contributed by atoms with Crippen LogP contribution in [0.4, 0.5) is 4.39 Å². The van der Waals surface area contributed by atoms with Crippen LogP contribution in [0.25, 0.3) is 0 Å². The van der Waals surface area contributed by atoms with Gasteiger partial charge in [0, 0.05) is 33.1 Å². The zero-order valence-corrected chi connectivity index (χ0v) is 15.6. The van der Waals surface area contributed by atoms with Gasteiger partial charge < -0.3 is 14.8 Å². The number of nitrogens with one attached hydrogen (secondary N) is 1. The number of aromatic nitrogens is 3. The summed E-state index contributed by atoms with van der Waals surface area (Å²) >= 11 is 0. The second-order valence-electron chi connectivity index (χ2n) is 6.65. The minimum Gasteiger partial charge on any atom is -0.357 e. The third-order valence-electron chi connectivity index (χ3n) is 4.59. The Balaban J connectivity index is 1.70. The van der Waals surface area contributed by atoms with E-state index in [4.69, 9.17) is 4.99 Å². The summed E-state index contributed by atoms with van der Waals surface area (Å²) in [6.07, 6.45) is 4.60. The molecule has 1 aliphatic rings. The Morgan fingerprint density at radius 2 is 2.04 bits per heavy atom. The van der Waals surface area contributed by atoms with E-state index in [9.17, 15) is 4.39 Å². The van der Waals surface area contributed by atoms with E-state index in [1.165, 1.54) is 31.4 Å². The van der Waals surface area contributed by atoms with Gasteiger partial charge in [0.2, 0.25) is 0 Å². The fourth-order valence-electron chi connectivity index (χ4n) is 3.22. The number of aryl methyl sites for hydroxylation is 1. The molecule has 0 fully saturated rings. The Kier molecular flexibility index (Phi) is 6.20.